The van der Waals surface area contributed by atoms with E-state index in [0.717, 1.165) is 32.0 Å². The molecule has 0 bridgehead atoms. The van der Waals surface area contributed by atoms with E-state index in [0.29, 0.717) is 0 Å². The standard InChI is InChI=1S/C18H25N3/c1-3-21-18-9-5-4-8-16(18)17(20-21)13-14(2)7-6-12-19-15-10-11-15/h4-5,7-9,15,19H,3,6,10-13H2,1-2H3. The van der Waals surface area contributed by atoms with Crippen molar-refractivity contribution in [3.8, 4) is 0 Å². The molecule has 0 unspecified atom stereocenters. The molecule has 0 aliphatic heterocycles. The summed E-state index contributed by atoms with van der Waals surface area (Å²) in [5, 5.41) is 9.62. The zero-order valence-corrected chi connectivity index (χ0v) is 13.1. The molecule has 3 rings (SSSR count). The summed E-state index contributed by atoms with van der Waals surface area (Å²) in [6, 6.07) is 9.35. The Morgan fingerprint density at radius 2 is 2.19 bits per heavy atom. The molecule has 1 saturated carbocycles. The second-order valence-corrected chi connectivity index (χ2v) is 6.02. The minimum Gasteiger partial charge on any atom is -0.314 e. The highest BCUT2D eigenvalue weighted by atomic mass is 15.3. The van der Waals surface area contributed by atoms with E-state index in [1.54, 1.807) is 0 Å². The Bertz CT molecular complexity index is 635. The molecule has 1 fully saturated rings. The van der Waals surface area contributed by atoms with Gasteiger partial charge < -0.3 is 5.32 Å². The Hall–Kier alpha value is -1.61. The molecule has 1 aromatic heterocycles. The summed E-state index contributed by atoms with van der Waals surface area (Å²) in [4.78, 5) is 0. The van der Waals surface area contributed by atoms with E-state index < -0.39 is 0 Å². The van der Waals surface area contributed by atoms with Gasteiger partial charge in [-0.2, -0.15) is 5.10 Å². The fourth-order valence-electron chi connectivity index (χ4n) is 2.80. The third kappa shape index (κ3) is 3.53. The first kappa shape index (κ1) is 14.3. The number of hydrogen-bond acceptors (Lipinski definition) is 2. The van der Waals surface area contributed by atoms with Gasteiger partial charge in [0.2, 0.25) is 0 Å². The zero-order valence-electron chi connectivity index (χ0n) is 13.1. The number of aryl methyl sites for hydroxylation is 1. The maximum Gasteiger partial charge on any atom is 0.0743 e. The molecule has 2 aromatic rings. The molecule has 21 heavy (non-hydrogen) atoms. The average Bonchev–Trinajstić information content (AvgIpc) is 3.26. The van der Waals surface area contributed by atoms with Gasteiger partial charge in [0.25, 0.3) is 0 Å². The van der Waals surface area contributed by atoms with Crippen LogP contribution in [0, 0.1) is 0 Å². The van der Waals surface area contributed by atoms with Crippen molar-refractivity contribution in [3.05, 3.63) is 41.6 Å². The molecule has 0 saturated heterocycles. The van der Waals surface area contributed by atoms with E-state index in [1.165, 1.54) is 35.0 Å². The molecule has 1 aliphatic rings. The zero-order chi connectivity index (χ0) is 14.7. The summed E-state index contributed by atoms with van der Waals surface area (Å²) in [6.07, 6.45) is 7.16. The van der Waals surface area contributed by atoms with Gasteiger partial charge >= 0.3 is 0 Å². The van der Waals surface area contributed by atoms with E-state index in [1.807, 2.05) is 0 Å². The number of fused-ring (bicyclic) bond motifs is 1. The normalized spacial score (nSPS) is 15.8. The lowest BCUT2D eigenvalue weighted by molar-refractivity contribution is 0.670. The van der Waals surface area contributed by atoms with Gasteiger partial charge in [-0.05, 0) is 45.7 Å². The number of nitrogens with one attached hydrogen (secondary N) is 1. The summed E-state index contributed by atoms with van der Waals surface area (Å²) in [7, 11) is 0. The maximum atomic E-state index is 4.77. The van der Waals surface area contributed by atoms with Crippen molar-refractivity contribution in [3.63, 3.8) is 0 Å². The average molecular weight is 283 g/mol. The van der Waals surface area contributed by atoms with Crippen LogP contribution in [0.15, 0.2) is 35.9 Å². The van der Waals surface area contributed by atoms with Gasteiger partial charge in [0.1, 0.15) is 0 Å². The van der Waals surface area contributed by atoms with Crippen molar-refractivity contribution in [2.75, 3.05) is 6.54 Å². The van der Waals surface area contributed by atoms with Gasteiger partial charge in [0.05, 0.1) is 11.2 Å². The second-order valence-electron chi connectivity index (χ2n) is 6.02. The van der Waals surface area contributed by atoms with Gasteiger partial charge in [0, 0.05) is 24.4 Å². The van der Waals surface area contributed by atoms with Crippen LogP contribution in [0.4, 0.5) is 0 Å². The highest BCUT2D eigenvalue weighted by molar-refractivity contribution is 5.82. The lowest BCUT2D eigenvalue weighted by Crippen LogP contribution is -2.16. The van der Waals surface area contributed by atoms with Crippen LogP contribution in [0.5, 0.6) is 0 Å². The van der Waals surface area contributed by atoms with Crippen molar-refractivity contribution < 1.29 is 0 Å². The first-order valence-electron chi connectivity index (χ1n) is 8.11. The van der Waals surface area contributed by atoms with E-state index in [-0.39, 0.29) is 0 Å². The number of aromatic nitrogens is 2. The molecule has 3 nitrogen and oxygen atoms in total. The molecule has 1 heterocycles. The van der Waals surface area contributed by atoms with Crippen molar-refractivity contribution in [1.82, 2.24) is 15.1 Å². The van der Waals surface area contributed by atoms with Crippen LogP contribution in [-0.2, 0) is 13.0 Å². The Balaban J connectivity index is 1.67. The minimum atomic E-state index is 0.808. The minimum absolute atomic E-state index is 0.808. The number of hydrogen-bond donors (Lipinski definition) is 1. The number of benzene rings is 1. The van der Waals surface area contributed by atoms with Gasteiger partial charge in [-0.25, -0.2) is 0 Å². The second kappa shape index (κ2) is 6.44. The van der Waals surface area contributed by atoms with Gasteiger partial charge in [-0.1, -0.05) is 29.8 Å². The number of nitrogens with zero attached hydrogens (tertiary/aromatic N) is 2. The Kier molecular flexibility index (Phi) is 4.39. The summed E-state index contributed by atoms with van der Waals surface area (Å²) in [5.41, 5.74) is 3.87. The smallest absolute Gasteiger partial charge is 0.0743 e. The largest absolute Gasteiger partial charge is 0.314 e. The first-order chi connectivity index (χ1) is 10.3. The molecular weight excluding hydrogens is 258 g/mol. The lowest BCUT2D eigenvalue weighted by Gasteiger charge is -2.01. The predicted octanol–water partition coefficient (Wildman–Crippen LogP) is 3.69. The summed E-state index contributed by atoms with van der Waals surface area (Å²) >= 11 is 0. The Morgan fingerprint density at radius 1 is 1.38 bits per heavy atom. The van der Waals surface area contributed by atoms with Crippen molar-refractivity contribution in [2.24, 2.45) is 0 Å². The third-order valence-corrected chi connectivity index (χ3v) is 4.13. The van der Waals surface area contributed by atoms with Crippen molar-refractivity contribution in [1.29, 1.82) is 0 Å². The SMILES string of the molecule is CCn1nc(CC(C)=CCCNC2CC2)c2ccccc21. The summed E-state index contributed by atoms with van der Waals surface area (Å²) in [5.74, 6) is 0. The van der Waals surface area contributed by atoms with Gasteiger partial charge in [-0.3, -0.25) is 4.68 Å². The van der Waals surface area contributed by atoms with Crippen molar-refractivity contribution in [2.45, 2.75) is 52.1 Å². The topological polar surface area (TPSA) is 29.9 Å². The quantitative estimate of drug-likeness (QED) is 0.620. The van der Waals surface area contributed by atoms with Gasteiger partial charge in [0.15, 0.2) is 0 Å². The molecule has 0 radical (unpaired) electrons. The number of allylic oxidation sites excluding steroid dienone is 1. The molecule has 0 amide bonds. The van der Waals surface area contributed by atoms with E-state index in [9.17, 15) is 0 Å². The van der Waals surface area contributed by atoms with Crippen LogP contribution in [-0.4, -0.2) is 22.4 Å². The molecule has 1 aliphatic carbocycles. The molecule has 1 N–H and O–H groups in total. The van der Waals surface area contributed by atoms with Crippen LogP contribution in [0.2, 0.25) is 0 Å². The molecule has 112 valence electrons. The summed E-state index contributed by atoms with van der Waals surface area (Å²) < 4.78 is 2.10. The molecule has 1 aromatic carbocycles. The fourth-order valence-corrected chi connectivity index (χ4v) is 2.80. The van der Waals surface area contributed by atoms with Crippen LogP contribution in [0.3, 0.4) is 0 Å². The highest BCUT2D eigenvalue weighted by Gasteiger charge is 2.19. The molecule has 0 atom stereocenters. The Labute approximate surface area is 127 Å². The number of para-hydroxylation sites is 1. The van der Waals surface area contributed by atoms with Gasteiger partial charge in [-0.15, -0.1) is 0 Å². The maximum absolute atomic E-state index is 4.77. The number of rotatable bonds is 7. The van der Waals surface area contributed by atoms with Crippen molar-refractivity contribution >= 4 is 10.9 Å². The first-order valence-corrected chi connectivity index (χ1v) is 8.11. The lowest BCUT2D eigenvalue weighted by atomic mass is 10.1. The van der Waals surface area contributed by atoms with Crippen LogP contribution < -0.4 is 5.32 Å². The monoisotopic (exact) mass is 283 g/mol. The van der Waals surface area contributed by atoms with Crippen LogP contribution in [0.25, 0.3) is 10.9 Å². The highest BCUT2D eigenvalue weighted by Crippen LogP contribution is 2.21. The van der Waals surface area contributed by atoms with E-state index in [2.05, 4.69) is 54.2 Å². The fraction of sp³-hybridized carbons (Fsp3) is 0.500. The Morgan fingerprint density at radius 3 is 2.95 bits per heavy atom. The van der Waals surface area contributed by atoms with E-state index >= 15 is 0 Å². The third-order valence-electron chi connectivity index (χ3n) is 4.13. The molecular formula is C18H25N3. The van der Waals surface area contributed by atoms with Crippen LogP contribution >= 0.6 is 0 Å². The summed E-state index contributed by atoms with van der Waals surface area (Å²) in [6.45, 7) is 6.40. The molecule has 3 heteroatoms. The molecule has 0 spiro atoms. The van der Waals surface area contributed by atoms with Crippen LogP contribution in [0.1, 0.15) is 38.8 Å². The predicted molar refractivity (Wildman–Crippen MR) is 88.5 cm³/mol. The van der Waals surface area contributed by atoms with E-state index in [4.69, 9.17) is 5.10 Å².